The van der Waals surface area contributed by atoms with Gasteiger partial charge in [-0.2, -0.15) is 0 Å². The van der Waals surface area contributed by atoms with Gasteiger partial charge in [-0.1, -0.05) is 18.2 Å². The van der Waals surface area contributed by atoms with Crippen LogP contribution in [0.4, 0.5) is 10.5 Å². The van der Waals surface area contributed by atoms with Crippen LogP contribution in [0.1, 0.15) is 5.56 Å². The lowest BCUT2D eigenvalue weighted by atomic mass is 10.1. The lowest BCUT2D eigenvalue weighted by Gasteiger charge is -2.08. The predicted octanol–water partition coefficient (Wildman–Crippen LogP) is 2.94. The number of aromatic amines is 1. The third kappa shape index (κ3) is 3.55. The van der Waals surface area contributed by atoms with Crippen LogP contribution in [0.25, 0.3) is 10.9 Å². The lowest BCUT2D eigenvalue weighted by molar-refractivity contribution is 0.252. The number of phenolic OH excluding ortho intramolecular Hbond substituents is 2. The van der Waals surface area contributed by atoms with Crippen molar-refractivity contribution in [1.82, 2.24) is 10.3 Å². The summed E-state index contributed by atoms with van der Waals surface area (Å²) in [6.45, 7) is 0.471. The van der Waals surface area contributed by atoms with Gasteiger partial charge in [-0.15, -0.1) is 0 Å². The molecule has 23 heavy (non-hydrogen) atoms. The number of urea groups is 1. The minimum absolute atomic E-state index is 0.112. The molecule has 0 fully saturated rings. The summed E-state index contributed by atoms with van der Waals surface area (Å²) in [6.07, 6.45) is 2.64. The maximum atomic E-state index is 11.8. The molecule has 0 aliphatic carbocycles. The van der Waals surface area contributed by atoms with Crippen molar-refractivity contribution in [3.63, 3.8) is 0 Å². The number of aromatic nitrogens is 1. The third-order valence-electron chi connectivity index (χ3n) is 3.52. The first-order valence-electron chi connectivity index (χ1n) is 7.25. The fourth-order valence-corrected chi connectivity index (χ4v) is 2.49. The van der Waals surface area contributed by atoms with E-state index in [2.05, 4.69) is 15.6 Å². The van der Waals surface area contributed by atoms with Crippen LogP contribution in [0.3, 0.4) is 0 Å². The maximum Gasteiger partial charge on any atom is 0.319 e. The molecule has 3 aromatic rings. The fourth-order valence-electron chi connectivity index (χ4n) is 2.49. The molecule has 0 aliphatic rings. The number of rotatable bonds is 4. The molecule has 2 aromatic carbocycles. The molecule has 118 valence electrons. The molecular formula is C17H17N3O3. The molecule has 3 rings (SSSR count). The number of hydrogen-bond donors (Lipinski definition) is 5. The number of benzene rings is 2. The van der Waals surface area contributed by atoms with Gasteiger partial charge in [-0.05, 0) is 18.1 Å². The third-order valence-corrected chi connectivity index (χ3v) is 3.52. The summed E-state index contributed by atoms with van der Waals surface area (Å²) >= 11 is 0. The minimum atomic E-state index is -0.394. The number of H-pyrrole nitrogens is 1. The number of amides is 2. The highest BCUT2D eigenvalue weighted by atomic mass is 16.3. The monoisotopic (exact) mass is 311 g/mol. The van der Waals surface area contributed by atoms with E-state index in [4.69, 9.17) is 0 Å². The zero-order valence-corrected chi connectivity index (χ0v) is 12.3. The van der Waals surface area contributed by atoms with Crippen molar-refractivity contribution in [2.24, 2.45) is 0 Å². The van der Waals surface area contributed by atoms with E-state index in [1.165, 1.54) is 18.2 Å². The molecule has 0 radical (unpaired) electrons. The number of aromatic hydroxyl groups is 2. The van der Waals surface area contributed by atoms with E-state index in [0.717, 1.165) is 16.5 Å². The van der Waals surface area contributed by atoms with Gasteiger partial charge in [0.05, 0.1) is 0 Å². The second kappa shape index (κ2) is 6.31. The highest BCUT2D eigenvalue weighted by Crippen LogP contribution is 2.23. The number of hydrogen-bond acceptors (Lipinski definition) is 3. The molecule has 6 nitrogen and oxygen atoms in total. The summed E-state index contributed by atoms with van der Waals surface area (Å²) in [4.78, 5) is 15.0. The van der Waals surface area contributed by atoms with Gasteiger partial charge in [0.1, 0.15) is 11.5 Å². The fraction of sp³-hybridized carbons (Fsp3) is 0.118. The van der Waals surface area contributed by atoms with Crippen molar-refractivity contribution in [3.05, 3.63) is 54.2 Å². The predicted molar refractivity (Wildman–Crippen MR) is 88.8 cm³/mol. The van der Waals surface area contributed by atoms with Gasteiger partial charge in [-0.25, -0.2) is 4.79 Å². The van der Waals surface area contributed by atoms with Gasteiger partial charge in [0, 0.05) is 47.5 Å². The Labute approximate surface area is 132 Å². The van der Waals surface area contributed by atoms with Crippen molar-refractivity contribution in [3.8, 4) is 11.5 Å². The number of para-hydroxylation sites is 1. The zero-order chi connectivity index (χ0) is 16.2. The lowest BCUT2D eigenvalue weighted by Crippen LogP contribution is -2.30. The molecule has 6 heteroatoms. The summed E-state index contributed by atoms with van der Waals surface area (Å²) < 4.78 is 0. The van der Waals surface area contributed by atoms with Crippen LogP contribution in [0.15, 0.2) is 48.7 Å². The first kappa shape index (κ1) is 14.8. The van der Waals surface area contributed by atoms with Crippen LogP contribution in [-0.4, -0.2) is 27.8 Å². The van der Waals surface area contributed by atoms with Crippen molar-refractivity contribution in [2.45, 2.75) is 6.42 Å². The van der Waals surface area contributed by atoms with E-state index >= 15 is 0 Å². The van der Waals surface area contributed by atoms with Crippen LogP contribution >= 0.6 is 0 Å². The molecule has 0 spiro atoms. The Bertz CT molecular complexity index is 822. The van der Waals surface area contributed by atoms with E-state index < -0.39 is 6.03 Å². The summed E-state index contributed by atoms with van der Waals surface area (Å²) in [7, 11) is 0. The Kier molecular flexibility index (Phi) is 4.05. The highest BCUT2D eigenvalue weighted by molar-refractivity contribution is 5.89. The Morgan fingerprint density at radius 3 is 2.61 bits per heavy atom. The van der Waals surface area contributed by atoms with Crippen LogP contribution in [0.5, 0.6) is 11.5 Å². The number of carbonyl (C=O) groups excluding carboxylic acids is 1. The van der Waals surface area contributed by atoms with Crippen molar-refractivity contribution in [2.75, 3.05) is 11.9 Å². The number of phenols is 2. The second-order valence-electron chi connectivity index (χ2n) is 5.23. The first-order chi connectivity index (χ1) is 11.1. The van der Waals surface area contributed by atoms with Crippen molar-refractivity contribution < 1.29 is 15.0 Å². The Hall–Kier alpha value is -3.15. The number of carbonyl (C=O) groups is 1. The SMILES string of the molecule is O=C(NCCc1c[nH]c2ccccc12)Nc1cc(O)cc(O)c1. The maximum absolute atomic E-state index is 11.8. The summed E-state index contributed by atoms with van der Waals surface area (Å²) in [5, 5.41) is 25.2. The van der Waals surface area contributed by atoms with E-state index in [9.17, 15) is 15.0 Å². The molecule has 5 N–H and O–H groups in total. The molecule has 0 atom stereocenters. The van der Waals surface area contributed by atoms with Gasteiger partial charge < -0.3 is 25.8 Å². The van der Waals surface area contributed by atoms with E-state index in [0.29, 0.717) is 18.7 Å². The number of fused-ring (bicyclic) bond motifs is 1. The standard InChI is InChI=1S/C17H17N3O3/c21-13-7-12(8-14(22)9-13)20-17(23)18-6-5-11-10-19-16-4-2-1-3-15(11)16/h1-4,7-10,19,21-22H,5-6H2,(H2,18,20,23). The van der Waals surface area contributed by atoms with Gasteiger partial charge in [0.25, 0.3) is 0 Å². The Morgan fingerprint density at radius 2 is 1.83 bits per heavy atom. The van der Waals surface area contributed by atoms with E-state index in [1.54, 1.807) is 0 Å². The van der Waals surface area contributed by atoms with Gasteiger partial charge in [0.2, 0.25) is 0 Å². The van der Waals surface area contributed by atoms with Gasteiger partial charge >= 0.3 is 6.03 Å². The highest BCUT2D eigenvalue weighted by Gasteiger charge is 2.06. The Morgan fingerprint density at radius 1 is 1.09 bits per heavy atom. The molecule has 1 aromatic heterocycles. The van der Waals surface area contributed by atoms with Crippen LogP contribution < -0.4 is 10.6 Å². The van der Waals surface area contributed by atoms with Gasteiger partial charge in [0.15, 0.2) is 0 Å². The second-order valence-corrected chi connectivity index (χ2v) is 5.23. The van der Waals surface area contributed by atoms with Gasteiger partial charge in [-0.3, -0.25) is 0 Å². The molecular weight excluding hydrogens is 294 g/mol. The quantitative estimate of drug-likeness (QED) is 0.512. The van der Waals surface area contributed by atoms with Crippen LogP contribution in [-0.2, 0) is 6.42 Å². The molecule has 0 saturated heterocycles. The average Bonchev–Trinajstić information content (AvgIpc) is 2.90. The first-order valence-corrected chi connectivity index (χ1v) is 7.25. The van der Waals surface area contributed by atoms with Crippen molar-refractivity contribution in [1.29, 1.82) is 0 Å². The smallest absolute Gasteiger partial charge is 0.319 e. The normalized spacial score (nSPS) is 10.6. The molecule has 1 heterocycles. The number of nitrogens with one attached hydrogen (secondary N) is 3. The largest absolute Gasteiger partial charge is 0.508 e. The molecule has 0 saturated carbocycles. The summed E-state index contributed by atoms with van der Waals surface area (Å²) in [6, 6.07) is 11.5. The summed E-state index contributed by atoms with van der Waals surface area (Å²) in [5.41, 5.74) is 2.53. The van der Waals surface area contributed by atoms with Crippen molar-refractivity contribution >= 4 is 22.6 Å². The molecule has 0 bridgehead atoms. The molecule has 0 aliphatic heterocycles. The molecule has 0 unspecified atom stereocenters. The molecule has 2 amide bonds. The minimum Gasteiger partial charge on any atom is -0.508 e. The Balaban J connectivity index is 1.55. The topological polar surface area (TPSA) is 97.4 Å². The van der Waals surface area contributed by atoms with E-state index in [-0.39, 0.29) is 11.5 Å². The van der Waals surface area contributed by atoms with E-state index in [1.807, 2.05) is 30.5 Å². The average molecular weight is 311 g/mol. The van der Waals surface area contributed by atoms with Crippen LogP contribution in [0, 0.1) is 0 Å². The zero-order valence-electron chi connectivity index (χ0n) is 12.3. The summed E-state index contributed by atoms with van der Waals surface area (Å²) in [5.74, 6) is -0.224. The van der Waals surface area contributed by atoms with Crippen LogP contribution in [0.2, 0.25) is 0 Å². The number of anilines is 1.